The van der Waals surface area contributed by atoms with Crippen molar-refractivity contribution >= 4 is 20.2 Å². The fraction of sp³-hybridized carbons (Fsp3) is 0. The molecule has 0 spiro atoms. The SMILES string of the molecule is O=S(=O)([O-])c1c(F)c(F)c(F)c(F)c1F.O=S(=O)([O-])c1c(F)c(F)c(F)c(F)c1F.[Zr+4].c1cc[cH-]c1.c1cc[cH-]c1. The van der Waals surface area contributed by atoms with Gasteiger partial charge in [-0.15, -0.1) is 0 Å². The van der Waals surface area contributed by atoms with E-state index in [9.17, 15) is 69.8 Å². The number of hydrogen-bond acceptors (Lipinski definition) is 6. The van der Waals surface area contributed by atoms with Crippen molar-refractivity contribution in [2.24, 2.45) is 0 Å². The van der Waals surface area contributed by atoms with Crippen molar-refractivity contribution in [2.75, 3.05) is 0 Å². The Labute approximate surface area is 244 Å². The van der Waals surface area contributed by atoms with Gasteiger partial charge in [0.25, 0.3) is 0 Å². The number of rotatable bonds is 2. The number of halogens is 10. The fourth-order valence-corrected chi connectivity index (χ4v) is 3.49. The molecule has 0 amide bonds. The first-order chi connectivity index (χ1) is 18.4. The molecule has 6 nitrogen and oxygen atoms in total. The van der Waals surface area contributed by atoms with E-state index in [0.717, 1.165) is 0 Å². The molecule has 220 valence electrons. The predicted molar refractivity (Wildman–Crippen MR) is 112 cm³/mol. The van der Waals surface area contributed by atoms with E-state index in [1.165, 1.54) is 0 Å². The average Bonchev–Trinajstić information content (AvgIpc) is 3.62. The summed E-state index contributed by atoms with van der Waals surface area (Å²) in [7, 11) is -11.5. The average molecular weight is 716 g/mol. The van der Waals surface area contributed by atoms with E-state index in [1.54, 1.807) is 0 Å². The summed E-state index contributed by atoms with van der Waals surface area (Å²) < 4.78 is 186. The van der Waals surface area contributed by atoms with Gasteiger partial charge in [-0.1, -0.05) is 0 Å². The minimum Gasteiger partial charge on any atom is -0.744 e. The third kappa shape index (κ3) is 10.2. The van der Waals surface area contributed by atoms with Crippen LogP contribution in [0.15, 0.2) is 70.5 Å². The number of hydrogen-bond donors (Lipinski definition) is 0. The largest absolute Gasteiger partial charge is 4.00 e. The van der Waals surface area contributed by atoms with E-state index in [4.69, 9.17) is 0 Å². The molecule has 0 aliphatic heterocycles. The second-order valence-corrected chi connectivity index (χ2v) is 9.26. The van der Waals surface area contributed by atoms with Crippen LogP contribution in [0.5, 0.6) is 0 Å². The van der Waals surface area contributed by atoms with Crippen molar-refractivity contribution in [1.82, 2.24) is 0 Å². The van der Waals surface area contributed by atoms with Gasteiger partial charge < -0.3 is 9.11 Å². The molecule has 4 aromatic carbocycles. The van der Waals surface area contributed by atoms with E-state index in [2.05, 4.69) is 0 Å². The molecule has 0 atom stereocenters. The van der Waals surface area contributed by atoms with Crippen molar-refractivity contribution in [1.29, 1.82) is 0 Å². The van der Waals surface area contributed by atoms with Crippen LogP contribution >= 0.6 is 0 Å². The maximum Gasteiger partial charge on any atom is 4.00 e. The quantitative estimate of drug-likeness (QED) is 0.0906. The summed E-state index contributed by atoms with van der Waals surface area (Å²) in [4.78, 5) is -4.75. The minimum atomic E-state index is -5.77. The van der Waals surface area contributed by atoms with E-state index in [-0.39, 0.29) is 26.2 Å². The summed E-state index contributed by atoms with van der Waals surface area (Å²) in [5.41, 5.74) is 0. The zero-order valence-corrected chi connectivity index (χ0v) is 23.4. The Kier molecular flexibility index (Phi) is 14.8. The molecular weight excluding hydrogens is 706 g/mol. The van der Waals surface area contributed by atoms with Gasteiger partial charge in [0, 0.05) is 0 Å². The summed E-state index contributed by atoms with van der Waals surface area (Å²) in [6.07, 6.45) is 0. The van der Waals surface area contributed by atoms with Gasteiger partial charge in [0.15, 0.2) is 46.5 Å². The standard InChI is InChI=1S/2C6HF5O3S.2C5H5.Zr/c2*7-1-2(8)4(10)6(15(12,13)14)5(11)3(1)9;2*1-2-4-5-3-1;/h2*(H,12,13,14);2*1-5H;/q;;2*-1;+4/p-2. The van der Waals surface area contributed by atoms with Crippen LogP contribution in [0, 0.1) is 58.2 Å². The molecule has 41 heavy (non-hydrogen) atoms. The second-order valence-electron chi connectivity index (χ2n) is 6.63. The summed E-state index contributed by atoms with van der Waals surface area (Å²) in [5.74, 6) is -25.7. The van der Waals surface area contributed by atoms with Gasteiger partial charge in [0.05, 0.1) is 0 Å². The predicted octanol–water partition coefficient (Wildman–Crippen LogP) is 5.38. The van der Waals surface area contributed by atoms with Crippen LogP contribution in [0.1, 0.15) is 0 Å². The van der Waals surface area contributed by atoms with Crippen molar-refractivity contribution in [3.8, 4) is 0 Å². The van der Waals surface area contributed by atoms with E-state index < -0.39 is 88.2 Å². The first kappa shape index (κ1) is 38.1. The van der Waals surface area contributed by atoms with Crippen LogP contribution < -0.4 is 0 Å². The first-order valence-electron chi connectivity index (χ1n) is 9.63. The zero-order valence-electron chi connectivity index (χ0n) is 19.3. The molecule has 0 saturated heterocycles. The van der Waals surface area contributed by atoms with Gasteiger partial charge in [0.2, 0.25) is 11.6 Å². The molecule has 4 aromatic rings. The van der Waals surface area contributed by atoms with Crippen molar-refractivity contribution in [3.63, 3.8) is 0 Å². The van der Waals surface area contributed by atoms with Crippen molar-refractivity contribution < 1.29 is 96.0 Å². The topological polar surface area (TPSA) is 114 Å². The molecule has 0 aliphatic carbocycles. The van der Waals surface area contributed by atoms with Crippen LogP contribution in [0.4, 0.5) is 43.9 Å². The molecule has 0 heterocycles. The Bertz CT molecular complexity index is 1430. The molecule has 4 rings (SSSR count). The van der Waals surface area contributed by atoms with Gasteiger partial charge in [-0.25, -0.2) is 85.0 Å². The Morgan fingerprint density at radius 3 is 0.707 bits per heavy atom. The smallest absolute Gasteiger partial charge is 0.744 e. The van der Waals surface area contributed by atoms with Crippen molar-refractivity contribution in [3.05, 3.63) is 119 Å². The van der Waals surface area contributed by atoms with Crippen LogP contribution in [0.2, 0.25) is 0 Å². The van der Waals surface area contributed by atoms with Gasteiger partial charge in [-0.3, -0.25) is 0 Å². The van der Waals surface area contributed by atoms with Crippen molar-refractivity contribution in [2.45, 2.75) is 9.79 Å². The molecule has 0 N–H and O–H groups in total. The van der Waals surface area contributed by atoms with Crippen LogP contribution in [-0.4, -0.2) is 25.9 Å². The summed E-state index contributed by atoms with van der Waals surface area (Å²) in [6, 6.07) is 20.0. The Balaban J connectivity index is 0.000000573. The maximum atomic E-state index is 12.6. The molecule has 0 aliphatic rings. The normalized spacial score (nSPS) is 10.6. The number of benzene rings is 2. The molecule has 0 bridgehead atoms. The van der Waals surface area contributed by atoms with Crippen LogP contribution in [-0.2, 0) is 46.4 Å². The zero-order chi connectivity index (χ0) is 31.0. The van der Waals surface area contributed by atoms with Crippen LogP contribution in [0.25, 0.3) is 0 Å². The molecular formula is C22H10F10O6S2Zr. The third-order valence-corrected chi connectivity index (χ3v) is 5.67. The Morgan fingerprint density at radius 2 is 0.585 bits per heavy atom. The van der Waals surface area contributed by atoms with E-state index >= 15 is 0 Å². The van der Waals surface area contributed by atoms with Crippen LogP contribution in [0.3, 0.4) is 0 Å². The van der Waals surface area contributed by atoms with Gasteiger partial charge >= 0.3 is 26.2 Å². The molecule has 0 aromatic heterocycles. The molecule has 0 unspecified atom stereocenters. The molecule has 0 radical (unpaired) electrons. The summed E-state index contributed by atoms with van der Waals surface area (Å²) >= 11 is 0. The Morgan fingerprint density at radius 1 is 0.415 bits per heavy atom. The summed E-state index contributed by atoms with van der Waals surface area (Å²) in [6.45, 7) is 0. The minimum absolute atomic E-state index is 0. The Hall–Kier alpha value is -2.86. The van der Waals surface area contributed by atoms with E-state index in [0.29, 0.717) is 0 Å². The van der Waals surface area contributed by atoms with Gasteiger partial charge in [0.1, 0.15) is 30.0 Å². The monoisotopic (exact) mass is 714 g/mol. The molecule has 19 heteroatoms. The fourth-order valence-electron chi connectivity index (χ4n) is 2.25. The maximum absolute atomic E-state index is 12.6. The van der Waals surface area contributed by atoms with Gasteiger partial charge in [-0.05, 0) is 0 Å². The summed E-state index contributed by atoms with van der Waals surface area (Å²) in [5, 5.41) is 0. The van der Waals surface area contributed by atoms with Gasteiger partial charge in [-0.2, -0.15) is 36.4 Å². The van der Waals surface area contributed by atoms with E-state index in [1.807, 2.05) is 60.7 Å². The second kappa shape index (κ2) is 16.0. The molecule has 0 fully saturated rings. The molecule has 0 saturated carbocycles. The third-order valence-electron chi connectivity index (χ3n) is 3.95. The first-order valence-corrected chi connectivity index (χ1v) is 12.4.